The third-order valence-corrected chi connectivity index (χ3v) is 4.90. The number of carboxylic acid groups (broad SMARTS) is 1. The molecule has 0 aliphatic heterocycles. The quantitative estimate of drug-likeness (QED) is 0.697. The van der Waals surface area contributed by atoms with Crippen LogP contribution in [-0.4, -0.2) is 38.0 Å². The maximum Gasteiger partial charge on any atom is 0.345 e. The lowest BCUT2D eigenvalue weighted by Gasteiger charge is -2.08. The molecule has 7 nitrogen and oxygen atoms in total. The van der Waals surface area contributed by atoms with Crippen LogP contribution in [0.25, 0.3) is 0 Å². The van der Waals surface area contributed by atoms with Gasteiger partial charge in [-0.25, -0.2) is 17.9 Å². The lowest BCUT2D eigenvalue weighted by molar-refractivity contribution is -0.120. The van der Waals surface area contributed by atoms with Gasteiger partial charge >= 0.3 is 5.97 Å². The van der Waals surface area contributed by atoms with E-state index in [0.717, 1.165) is 0 Å². The molecule has 19 heavy (non-hydrogen) atoms. The van der Waals surface area contributed by atoms with Gasteiger partial charge in [0.1, 0.15) is 9.09 Å². The van der Waals surface area contributed by atoms with Crippen LogP contribution in [0.4, 0.5) is 0 Å². The Labute approximate surface area is 114 Å². The van der Waals surface area contributed by atoms with Crippen molar-refractivity contribution in [3.8, 4) is 0 Å². The topological polar surface area (TPSA) is 113 Å². The first-order valence-electron chi connectivity index (χ1n) is 5.34. The molecule has 106 valence electrons. The summed E-state index contributed by atoms with van der Waals surface area (Å²) in [6.07, 6.45) is 0. The van der Waals surface area contributed by atoms with Gasteiger partial charge in [-0.2, -0.15) is 0 Å². The van der Waals surface area contributed by atoms with Crippen molar-refractivity contribution >= 4 is 33.2 Å². The highest BCUT2D eigenvalue weighted by Gasteiger charge is 2.19. The second kappa shape index (κ2) is 6.13. The van der Waals surface area contributed by atoms with Crippen LogP contribution in [0.3, 0.4) is 0 Å². The summed E-state index contributed by atoms with van der Waals surface area (Å²) in [6.45, 7) is 3.12. The molecule has 0 bridgehead atoms. The standard InChI is InChI=1S/C10H14N2O5S2/c1-6(2)12-8(13)5-11-19(16,17)9-4-3-7(18-9)10(14)15/h3-4,6,11H,5H2,1-2H3,(H,12,13)(H,14,15). The van der Waals surface area contributed by atoms with Crippen molar-refractivity contribution in [1.82, 2.24) is 10.0 Å². The first-order chi connectivity index (χ1) is 8.72. The van der Waals surface area contributed by atoms with Crippen LogP contribution in [0.1, 0.15) is 23.5 Å². The fourth-order valence-corrected chi connectivity index (χ4v) is 3.36. The van der Waals surface area contributed by atoms with Crippen LogP contribution in [0.15, 0.2) is 16.3 Å². The summed E-state index contributed by atoms with van der Waals surface area (Å²) in [4.78, 5) is 21.9. The van der Waals surface area contributed by atoms with Gasteiger partial charge in [0.25, 0.3) is 10.0 Å². The normalized spacial score (nSPS) is 11.5. The Balaban J connectivity index is 2.70. The van der Waals surface area contributed by atoms with E-state index in [-0.39, 0.29) is 21.7 Å². The Hall–Kier alpha value is -1.45. The Kier molecular flexibility index (Phi) is 5.04. The number of hydrogen-bond acceptors (Lipinski definition) is 5. The molecule has 3 N–H and O–H groups in total. The number of carboxylic acids is 1. The van der Waals surface area contributed by atoms with E-state index in [0.29, 0.717) is 11.3 Å². The van der Waals surface area contributed by atoms with E-state index >= 15 is 0 Å². The van der Waals surface area contributed by atoms with Gasteiger partial charge in [-0.3, -0.25) is 4.79 Å². The van der Waals surface area contributed by atoms with E-state index in [1.54, 1.807) is 13.8 Å². The molecular formula is C10H14N2O5S2. The molecule has 0 fully saturated rings. The second-order valence-corrected chi connectivity index (χ2v) is 7.05. The SMILES string of the molecule is CC(C)NC(=O)CNS(=O)(=O)c1ccc(C(=O)O)s1. The number of carbonyl (C=O) groups excluding carboxylic acids is 1. The van der Waals surface area contributed by atoms with Gasteiger partial charge < -0.3 is 10.4 Å². The number of hydrogen-bond donors (Lipinski definition) is 3. The molecule has 0 atom stereocenters. The Morgan fingerprint density at radius 1 is 1.37 bits per heavy atom. The summed E-state index contributed by atoms with van der Waals surface area (Å²) in [5.41, 5.74) is 0. The highest BCUT2D eigenvalue weighted by molar-refractivity contribution is 7.91. The first-order valence-corrected chi connectivity index (χ1v) is 7.64. The van der Waals surface area contributed by atoms with E-state index in [4.69, 9.17) is 5.11 Å². The van der Waals surface area contributed by atoms with Crippen LogP contribution < -0.4 is 10.0 Å². The monoisotopic (exact) mass is 306 g/mol. The van der Waals surface area contributed by atoms with Crippen LogP contribution in [0.2, 0.25) is 0 Å². The Morgan fingerprint density at radius 3 is 2.47 bits per heavy atom. The molecule has 1 rings (SSSR count). The molecule has 1 aromatic heterocycles. The fourth-order valence-electron chi connectivity index (χ4n) is 1.18. The van der Waals surface area contributed by atoms with Crippen molar-refractivity contribution in [3.63, 3.8) is 0 Å². The van der Waals surface area contributed by atoms with Gasteiger partial charge in [0.05, 0.1) is 6.54 Å². The first kappa shape index (κ1) is 15.6. The largest absolute Gasteiger partial charge is 0.477 e. The van der Waals surface area contributed by atoms with E-state index in [1.165, 1.54) is 12.1 Å². The zero-order valence-corrected chi connectivity index (χ0v) is 12.0. The minimum atomic E-state index is -3.86. The van der Waals surface area contributed by atoms with Gasteiger partial charge in [-0.05, 0) is 26.0 Å². The van der Waals surface area contributed by atoms with E-state index < -0.39 is 21.9 Å². The molecule has 0 saturated carbocycles. The summed E-state index contributed by atoms with van der Waals surface area (Å²) in [5, 5.41) is 11.2. The van der Waals surface area contributed by atoms with Crippen molar-refractivity contribution in [2.45, 2.75) is 24.1 Å². The predicted molar refractivity (Wildman–Crippen MR) is 69.7 cm³/mol. The van der Waals surface area contributed by atoms with Crippen LogP contribution in [0.5, 0.6) is 0 Å². The number of carbonyl (C=O) groups is 2. The van der Waals surface area contributed by atoms with Crippen LogP contribution >= 0.6 is 11.3 Å². The van der Waals surface area contributed by atoms with Crippen molar-refractivity contribution in [3.05, 3.63) is 17.0 Å². The summed E-state index contributed by atoms with van der Waals surface area (Å²) >= 11 is 0.632. The molecule has 0 saturated heterocycles. The third-order valence-electron chi connectivity index (χ3n) is 1.93. The molecule has 1 aromatic rings. The lowest BCUT2D eigenvalue weighted by Crippen LogP contribution is -2.39. The smallest absolute Gasteiger partial charge is 0.345 e. The van der Waals surface area contributed by atoms with Crippen LogP contribution in [-0.2, 0) is 14.8 Å². The molecular weight excluding hydrogens is 292 g/mol. The zero-order chi connectivity index (χ0) is 14.6. The molecule has 0 aliphatic carbocycles. The fraction of sp³-hybridized carbons (Fsp3) is 0.400. The molecule has 9 heteroatoms. The number of aromatic carboxylic acids is 1. The minimum absolute atomic E-state index is 0.0768. The second-order valence-electron chi connectivity index (χ2n) is 3.97. The lowest BCUT2D eigenvalue weighted by atomic mass is 10.4. The van der Waals surface area contributed by atoms with Gasteiger partial charge in [-0.15, -0.1) is 11.3 Å². The molecule has 0 unspecified atom stereocenters. The molecule has 0 aromatic carbocycles. The van der Waals surface area contributed by atoms with E-state index in [2.05, 4.69) is 10.0 Å². The highest BCUT2D eigenvalue weighted by atomic mass is 32.2. The minimum Gasteiger partial charge on any atom is -0.477 e. The molecule has 0 aliphatic rings. The summed E-state index contributed by atoms with van der Waals surface area (Å²) in [5.74, 6) is -1.64. The number of nitrogens with one attached hydrogen (secondary N) is 2. The number of thiophene rings is 1. The number of rotatable bonds is 6. The third kappa shape index (κ3) is 4.62. The van der Waals surface area contributed by atoms with Gasteiger partial charge in [0.15, 0.2) is 0 Å². The highest BCUT2D eigenvalue weighted by Crippen LogP contribution is 2.21. The van der Waals surface area contributed by atoms with E-state index in [9.17, 15) is 18.0 Å². The van der Waals surface area contributed by atoms with E-state index in [1.807, 2.05) is 0 Å². The average molecular weight is 306 g/mol. The molecule has 1 amide bonds. The maximum absolute atomic E-state index is 11.8. The Morgan fingerprint density at radius 2 is 2.00 bits per heavy atom. The van der Waals surface area contributed by atoms with Crippen molar-refractivity contribution in [2.75, 3.05) is 6.54 Å². The molecule has 0 radical (unpaired) electrons. The maximum atomic E-state index is 11.8. The van der Waals surface area contributed by atoms with Crippen molar-refractivity contribution in [2.24, 2.45) is 0 Å². The summed E-state index contributed by atoms with van der Waals surface area (Å²) < 4.78 is 25.5. The average Bonchev–Trinajstić information content (AvgIpc) is 2.75. The molecule has 1 heterocycles. The number of sulfonamides is 1. The van der Waals surface area contributed by atoms with Gasteiger partial charge in [0.2, 0.25) is 5.91 Å². The predicted octanol–water partition coefficient (Wildman–Crippen LogP) is 0.249. The summed E-state index contributed by atoms with van der Waals surface area (Å²) in [6, 6.07) is 2.31. The van der Waals surface area contributed by atoms with Crippen molar-refractivity contribution in [1.29, 1.82) is 0 Å². The van der Waals surface area contributed by atoms with Crippen LogP contribution in [0, 0.1) is 0 Å². The van der Waals surface area contributed by atoms with Gasteiger partial charge in [-0.1, -0.05) is 0 Å². The number of amides is 1. The zero-order valence-electron chi connectivity index (χ0n) is 10.3. The molecule has 0 spiro atoms. The van der Waals surface area contributed by atoms with Gasteiger partial charge in [0, 0.05) is 6.04 Å². The summed E-state index contributed by atoms with van der Waals surface area (Å²) in [7, 11) is -3.86. The Bertz CT molecular complexity index is 576. The van der Waals surface area contributed by atoms with Crippen molar-refractivity contribution < 1.29 is 23.1 Å².